The van der Waals surface area contributed by atoms with Gasteiger partial charge in [-0.15, -0.1) is 0 Å². The van der Waals surface area contributed by atoms with Gasteiger partial charge >= 0.3 is 0 Å². The average Bonchev–Trinajstić information content (AvgIpc) is 3.09. The van der Waals surface area contributed by atoms with Crippen LogP contribution in [0.1, 0.15) is 39.2 Å². The van der Waals surface area contributed by atoms with E-state index in [1.807, 2.05) is 6.07 Å². The lowest BCUT2D eigenvalue weighted by atomic mass is 10.1. The highest BCUT2D eigenvalue weighted by molar-refractivity contribution is 5.53. The molecule has 0 bridgehead atoms. The van der Waals surface area contributed by atoms with Gasteiger partial charge in [-0.2, -0.15) is 0 Å². The molecule has 1 aromatic rings. The molecule has 0 spiro atoms. The Balaban J connectivity index is 2.14. The molecule has 0 saturated heterocycles. The highest BCUT2D eigenvalue weighted by Crippen LogP contribution is 2.32. The number of hydrogen-bond acceptors (Lipinski definition) is 2. The van der Waals surface area contributed by atoms with Crippen LogP contribution in [0.4, 0.5) is 10.1 Å². The minimum atomic E-state index is -0.114. The number of anilines is 1. The summed E-state index contributed by atoms with van der Waals surface area (Å²) in [6.45, 7) is 7.90. The number of hydrogen-bond donors (Lipinski definition) is 1. The maximum atomic E-state index is 14.1. The first-order valence-electron chi connectivity index (χ1n) is 7.10. The molecule has 2 nitrogen and oxygen atoms in total. The summed E-state index contributed by atoms with van der Waals surface area (Å²) in [4.78, 5) is 2.19. The Kier molecular flexibility index (Phi) is 4.14. The van der Waals surface area contributed by atoms with Crippen LogP contribution in [-0.4, -0.2) is 19.1 Å². The number of rotatable bonds is 5. The zero-order chi connectivity index (χ0) is 14.0. The van der Waals surface area contributed by atoms with Gasteiger partial charge < -0.3 is 10.2 Å². The molecule has 106 valence electrons. The quantitative estimate of drug-likeness (QED) is 0.874. The van der Waals surface area contributed by atoms with Crippen molar-refractivity contribution in [3.8, 4) is 0 Å². The van der Waals surface area contributed by atoms with Crippen molar-refractivity contribution in [1.29, 1.82) is 0 Å². The third kappa shape index (κ3) is 4.20. The first-order valence-corrected chi connectivity index (χ1v) is 7.10. The molecule has 0 unspecified atom stereocenters. The maximum Gasteiger partial charge on any atom is 0.129 e. The molecule has 0 atom stereocenters. The normalized spacial score (nSPS) is 15.6. The lowest BCUT2D eigenvalue weighted by molar-refractivity contribution is 0.418. The minimum Gasteiger partial charge on any atom is -0.374 e. The van der Waals surface area contributed by atoms with Crippen molar-refractivity contribution >= 4 is 5.69 Å². The SMILES string of the molecule is CN(CC1CC1)c1cccc(F)c1CNC(C)(C)C. The molecule has 0 radical (unpaired) electrons. The van der Waals surface area contributed by atoms with Crippen LogP contribution in [0.5, 0.6) is 0 Å². The molecule has 0 heterocycles. The summed E-state index contributed by atoms with van der Waals surface area (Å²) in [6.07, 6.45) is 2.63. The third-order valence-corrected chi connectivity index (χ3v) is 3.53. The molecule has 1 fully saturated rings. The highest BCUT2D eigenvalue weighted by Gasteiger charge is 2.24. The monoisotopic (exact) mass is 264 g/mol. The van der Waals surface area contributed by atoms with E-state index in [4.69, 9.17) is 0 Å². The Morgan fingerprint density at radius 2 is 2.00 bits per heavy atom. The molecule has 2 rings (SSSR count). The number of halogens is 1. The molecule has 1 N–H and O–H groups in total. The zero-order valence-electron chi connectivity index (χ0n) is 12.5. The van der Waals surface area contributed by atoms with Crippen LogP contribution in [0.2, 0.25) is 0 Å². The predicted molar refractivity (Wildman–Crippen MR) is 79.0 cm³/mol. The van der Waals surface area contributed by atoms with Crippen LogP contribution >= 0.6 is 0 Å². The van der Waals surface area contributed by atoms with E-state index in [1.165, 1.54) is 12.8 Å². The van der Waals surface area contributed by atoms with Crippen molar-refractivity contribution < 1.29 is 4.39 Å². The first-order chi connectivity index (χ1) is 8.87. The lowest BCUT2D eigenvalue weighted by Gasteiger charge is -2.26. The minimum absolute atomic E-state index is 0.00534. The van der Waals surface area contributed by atoms with E-state index in [0.717, 1.165) is 23.7 Å². The second-order valence-electron chi connectivity index (χ2n) is 6.66. The average molecular weight is 264 g/mol. The molecule has 1 aromatic carbocycles. The summed E-state index contributed by atoms with van der Waals surface area (Å²) < 4.78 is 14.1. The van der Waals surface area contributed by atoms with Crippen LogP contribution in [0.25, 0.3) is 0 Å². The van der Waals surface area contributed by atoms with E-state index in [9.17, 15) is 4.39 Å². The fourth-order valence-corrected chi connectivity index (χ4v) is 2.22. The molecule has 1 aliphatic rings. The Hall–Kier alpha value is -1.09. The van der Waals surface area contributed by atoms with E-state index < -0.39 is 0 Å². The molecule has 0 aromatic heterocycles. The standard InChI is InChI=1S/C16H25FN2/c1-16(2,3)18-10-13-14(17)6-5-7-15(13)19(4)11-12-8-9-12/h5-7,12,18H,8-11H2,1-4H3. The molecular weight excluding hydrogens is 239 g/mol. The van der Waals surface area contributed by atoms with Crippen LogP contribution < -0.4 is 10.2 Å². The molecule has 3 heteroatoms. The van der Waals surface area contributed by atoms with Gasteiger partial charge in [0, 0.05) is 36.9 Å². The summed E-state index contributed by atoms with van der Waals surface area (Å²) in [5.74, 6) is 0.689. The van der Waals surface area contributed by atoms with Gasteiger partial charge in [-0.1, -0.05) is 6.07 Å². The van der Waals surface area contributed by atoms with E-state index >= 15 is 0 Å². The van der Waals surface area contributed by atoms with Crippen molar-refractivity contribution in [2.24, 2.45) is 5.92 Å². The third-order valence-electron chi connectivity index (χ3n) is 3.53. The summed E-state index contributed by atoms with van der Waals surface area (Å²) in [7, 11) is 2.06. The predicted octanol–water partition coefficient (Wildman–Crippen LogP) is 3.56. The number of benzene rings is 1. The van der Waals surface area contributed by atoms with Crippen LogP contribution in [0, 0.1) is 11.7 Å². The van der Waals surface area contributed by atoms with Gasteiger partial charge in [0.15, 0.2) is 0 Å². The van der Waals surface area contributed by atoms with Crippen LogP contribution in [-0.2, 0) is 6.54 Å². The number of nitrogens with zero attached hydrogens (tertiary/aromatic N) is 1. The second kappa shape index (κ2) is 5.49. The Morgan fingerprint density at radius 3 is 2.58 bits per heavy atom. The van der Waals surface area contributed by atoms with Crippen molar-refractivity contribution in [3.05, 3.63) is 29.6 Å². The summed E-state index contributed by atoms with van der Waals surface area (Å²) in [6, 6.07) is 5.37. The smallest absolute Gasteiger partial charge is 0.129 e. The summed E-state index contributed by atoms with van der Waals surface area (Å²) in [5.41, 5.74) is 1.79. The molecule has 19 heavy (non-hydrogen) atoms. The highest BCUT2D eigenvalue weighted by atomic mass is 19.1. The number of nitrogens with one attached hydrogen (secondary N) is 1. The van der Waals surface area contributed by atoms with E-state index in [1.54, 1.807) is 12.1 Å². The van der Waals surface area contributed by atoms with Gasteiger partial charge in [-0.3, -0.25) is 0 Å². The topological polar surface area (TPSA) is 15.3 Å². The van der Waals surface area contributed by atoms with Gasteiger partial charge in [-0.05, 0) is 51.7 Å². The van der Waals surface area contributed by atoms with Gasteiger partial charge in [0.2, 0.25) is 0 Å². The fourth-order valence-electron chi connectivity index (χ4n) is 2.22. The van der Waals surface area contributed by atoms with Gasteiger partial charge in [0.25, 0.3) is 0 Å². The fraction of sp³-hybridized carbons (Fsp3) is 0.625. The first kappa shape index (κ1) is 14.3. The molecular formula is C16H25FN2. The lowest BCUT2D eigenvalue weighted by Crippen LogP contribution is -2.36. The van der Waals surface area contributed by atoms with E-state index in [0.29, 0.717) is 6.54 Å². The maximum absolute atomic E-state index is 14.1. The summed E-state index contributed by atoms with van der Waals surface area (Å²) in [5, 5.41) is 3.38. The van der Waals surface area contributed by atoms with Crippen LogP contribution in [0.15, 0.2) is 18.2 Å². The Bertz CT molecular complexity index is 433. The van der Waals surface area contributed by atoms with Gasteiger partial charge in [0.05, 0.1) is 0 Å². The summed E-state index contributed by atoms with van der Waals surface area (Å²) >= 11 is 0. The molecule has 0 aliphatic heterocycles. The largest absolute Gasteiger partial charge is 0.374 e. The van der Waals surface area contributed by atoms with E-state index in [2.05, 4.69) is 38.0 Å². The van der Waals surface area contributed by atoms with Crippen molar-refractivity contribution in [3.63, 3.8) is 0 Å². The molecule has 0 amide bonds. The Labute approximate surface area is 116 Å². The van der Waals surface area contributed by atoms with Crippen molar-refractivity contribution in [2.75, 3.05) is 18.5 Å². The van der Waals surface area contributed by atoms with Crippen molar-refractivity contribution in [2.45, 2.75) is 45.7 Å². The zero-order valence-corrected chi connectivity index (χ0v) is 12.5. The van der Waals surface area contributed by atoms with Gasteiger partial charge in [-0.25, -0.2) is 4.39 Å². The molecule has 1 aliphatic carbocycles. The van der Waals surface area contributed by atoms with Crippen molar-refractivity contribution in [1.82, 2.24) is 5.32 Å². The van der Waals surface area contributed by atoms with Crippen LogP contribution in [0.3, 0.4) is 0 Å². The molecule has 1 saturated carbocycles. The van der Waals surface area contributed by atoms with E-state index in [-0.39, 0.29) is 11.4 Å². The second-order valence-corrected chi connectivity index (χ2v) is 6.66. The van der Waals surface area contributed by atoms with Gasteiger partial charge in [0.1, 0.15) is 5.82 Å². The Morgan fingerprint density at radius 1 is 1.32 bits per heavy atom.